The van der Waals surface area contributed by atoms with Crippen LogP contribution in [0.1, 0.15) is 36.1 Å². The smallest absolute Gasteiger partial charge is 0.277 e. The maximum Gasteiger partial charge on any atom is 0.277 e. The largest absolute Gasteiger partial charge is 0.368 e. The number of hydrogen-bond acceptors (Lipinski definition) is 4. The molecular weight excluding hydrogens is 398 g/mol. The fourth-order valence-electron chi connectivity index (χ4n) is 4.74. The van der Waals surface area contributed by atoms with Crippen LogP contribution in [0, 0.1) is 26.7 Å². The molecule has 0 spiro atoms. The lowest BCUT2D eigenvalue weighted by atomic mass is 9.97. The number of carbonyl (C=O) groups excluding carboxylic acids is 2. The van der Waals surface area contributed by atoms with Crippen LogP contribution < -0.4 is 4.90 Å². The fourth-order valence-corrected chi connectivity index (χ4v) is 4.74. The van der Waals surface area contributed by atoms with Gasteiger partial charge in [0.1, 0.15) is 5.70 Å². The number of imide groups is 1. The zero-order valence-corrected chi connectivity index (χ0v) is 19.8. The quantitative estimate of drug-likeness (QED) is 0.667. The Morgan fingerprint density at radius 3 is 2.09 bits per heavy atom. The van der Waals surface area contributed by atoms with E-state index in [1.54, 1.807) is 0 Å². The van der Waals surface area contributed by atoms with Crippen molar-refractivity contribution in [2.45, 2.75) is 34.6 Å². The second-order valence-corrected chi connectivity index (χ2v) is 9.47. The second kappa shape index (κ2) is 8.81. The van der Waals surface area contributed by atoms with Crippen LogP contribution in [0.3, 0.4) is 0 Å². The highest BCUT2D eigenvalue weighted by molar-refractivity contribution is 6.35. The Labute approximate surface area is 191 Å². The first-order chi connectivity index (χ1) is 15.3. The highest BCUT2D eigenvalue weighted by atomic mass is 16.2. The molecule has 2 aliphatic heterocycles. The molecule has 0 bridgehead atoms. The van der Waals surface area contributed by atoms with Gasteiger partial charge in [-0.15, -0.1) is 0 Å². The summed E-state index contributed by atoms with van der Waals surface area (Å²) >= 11 is 0. The number of aryl methyl sites for hydroxylation is 3. The Morgan fingerprint density at radius 1 is 0.812 bits per heavy atom. The SMILES string of the molecule is Cc1cccc(N2CCN(C3=C(c4ccc(C)cc4C)C(=O)N(CC(C)C)C3=O)CC2)c1. The predicted molar refractivity (Wildman–Crippen MR) is 129 cm³/mol. The molecule has 1 saturated heterocycles. The number of piperazine rings is 1. The van der Waals surface area contributed by atoms with Crippen LogP contribution in [-0.2, 0) is 9.59 Å². The lowest BCUT2D eigenvalue weighted by Gasteiger charge is -2.38. The van der Waals surface area contributed by atoms with E-state index in [0.29, 0.717) is 30.9 Å². The Morgan fingerprint density at radius 2 is 1.47 bits per heavy atom. The number of rotatable bonds is 5. The third kappa shape index (κ3) is 4.16. The molecular formula is C27H33N3O2. The van der Waals surface area contributed by atoms with Gasteiger partial charge < -0.3 is 9.80 Å². The van der Waals surface area contributed by atoms with E-state index in [9.17, 15) is 9.59 Å². The molecule has 0 saturated carbocycles. The summed E-state index contributed by atoms with van der Waals surface area (Å²) in [6.07, 6.45) is 0. The molecule has 0 N–H and O–H groups in total. The first-order valence-electron chi connectivity index (χ1n) is 11.5. The third-order valence-electron chi connectivity index (χ3n) is 6.31. The van der Waals surface area contributed by atoms with E-state index in [1.165, 1.54) is 16.2 Å². The van der Waals surface area contributed by atoms with Gasteiger partial charge in [0.2, 0.25) is 0 Å². The van der Waals surface area contributed by atoms with Gasteiger partial charge in [0.05, 0.1) is 5.57 Å². The van der Waals surface area contributed by atoms with E-state index in [4.69, 9.17) is 0 Å². The number of benzene rings is 2. The second-order valence-electron chi connectivity index (χ2n) is 9.47. The Kier molecular flexibility index (Phi) is 6.09. The minimum absolute atomic E-state index is 0.150. The maximum atomic E-state index is 13.5. The van der Waals surface area contributed by atoms with Crippen molar-refractivity contribution in [1.29, 1.82) is 0 Å². The number of nitrogens with zero attached hydrogens (tertiary/aromatic N) is 3. The highest BCUT2D eigenvalue weighted by Gasteiger charge is 2.42. The minimum Gasteiger partial charge on any atom is -0.368 e. The Bertz CT molecular complexity index is 1080. The molecule has 2 aromatic rings. The molecule has 5 heteroatoms. The van der Waals surface area contributed by atoms with Crippen molar-refractivity contribution in [2.75, 3.05) is 37.6 Å². The molecule has 0 aliphatic carbocycles. The van der Waals surface area contributed by atoms with Crippen molar-refractivity contribution in [3.63, 3.8) is 0 Å². The molecule has 0 atom stereocenters. The Balaban J connectivity index is 1.67. The van der Waals surface area contributed by atoms with E-state index >= 15 is 0 Å². The van der Waals surface area contributed by atoms with Crippen LogP contribution in [0.15, 0.2) is 48.2 Å². The van der Waals surface area contributed by atoms with Crippen molar-refractivity contribution >= 4 is 23.1 Å². The van der Waals surface area contributed by atoms with Gasteiger partial charge in [-0.3, -0.25) is 14.5 Å². The van der Waals surface area contributed by atoms with E-state index in [0.717, 1.165) is 29.8 Å². The van der Waals surface area contributed by atoms with Gasteiger partial charge in [-0.05, 0) is 55.5 Å². The van der Waals surface area contributed by atoms with Gasteiger partial charge in [0.25, 0.3) is 11.8 Å². The summed E-state index contributed by atoms with van der Waals surface area (Å²) in [5, 5.41) is 0. The van der Waals surface area contributed by atoms with Gasteiger partial charge >= 0.3 is 0 Å². The van der Waals surface area contributed by atoms with E-state index in [1.807, 2.05) is 39.8 Å². The van der Waals surface area contributed by atoms with Crippen LogP contribution >= 0.6 is 0 Å². The van der Waals surface area contributed by atoms with Crippen molar-refractivity contribution in [3.8, 4) is 0 Å². The summed E-state index contributed by atoms with van der Waals surface area (Å²) in [5.74, 6) is -0.0878. The molecule has 1 fully saturated rings. The molecule has 2 aliphatic rings. The first-order valence-corrected chi connectivity index (χ1v) is 11.5. The molecule has 168 valence electrons. The molecule has 5 nitrogen and oxygen atoms in total. The van der Waals surface area contributed by atoms with Crippen molar-refractivity contribution < 1.29 is 9.59 Å². The number of anilines is 1. The van der Waals surface area contributed by atoms with Gasteiger partial charge in [-0.2, -0.15) is 0 Å². The molecule has 4 rings (SSSR count). The monoisotopic (exact) mass is 431 g/mol. The minimum atomic E-state index is -0.160. The van der Waals surface area contributed by atoms with Crippen LogP contribution in [-0.4, -0.2) is 54.3 Å². The molecule has 2 amide bonds. The fraction of sp³-hybridized carbons (Fsp3) is 0.407. The highest BCUT2D eigenvalue weighted by Crippen LogP contribution is 2.34. The lowest BCUT2D eigenvalue weighted by molar-refractivity contribution is -0.138. The third-order valence-corrected chi connectivity index (χ3v) is 6.31. The van der Waals surface area contributed by atoms with Crippen LogP contribution in [0.2, 0.25) is 0 Å². The summed E-state index contributed by atoms with van der Waals surface area (Å²) in [6, 6.07) is 14.6. The number of amides is 2. The molecule has 2 aromatic carbocycles. The summed E-state index contributed by atoms with van der Waals surface area (Å²) < 4.78 is 0. The van der Waals surface area contributed by atoms with Crippen LogP contribution in [0.25, 0.3) is 5.57 Å². The van der Waals surface area contributed by atoms with E-state index in [2.05, 4.69) is 47.1 Å². The van der Waals surface area contributed by atoms with Gasteiger partial charge in [0, 0.05) is 38.4 Å². The first kappa shape index (κ1) is 22.1. The molecule has 0 aromatic heterocycles. The zero-order chi connectivity index (χ0) is 23.0. The standard InChI is InChI=1S/C27H33N3O2/c1-18(2)17-30-26(31)24(23-10-9-20(4)15-21(23)5)25(27(30)32)29-13-11-28(12-14-29)22-8-6-7-19(3)16-22/h6-10,15-16,18H,11-14,17H2,1-5H3. The number of carbonyl (C=O) groups is 2. The summed E-state index contributed by atoms with van der Waals surface area (Å²) in [7, 11) is 0. The van der Waals surface area contributed by atoms with Crippen molar-refractivity contribution in [2.24, 2.45) is 5.92 Å². The molecule has 0 radical (unpaired) electrons. The summed E-state index contributed by atoms with van der Waals surface area (Å²) in [5.41, 5.74) is 6.65. The predicted octanol–water partition coefficient (Wildman–Crippen LogP) is 4.17. The van der Waals surface area contributed by atoms with Crippen LogP contribution in [0.5, 0.6) is 0 Å². The van der Waals surface area contributed by atoms with Crippen LogP contribution in [0.4, 0.5) is 5.69 Å². The normalized spacial score (nSPS) is 17.2. The lowest BCUT2D eigenvalue weighted by Crippen LogP contribution is -2.47. The average Bonchev–Trinajstić information content (AvgIpc) is 2.98. The van der Waals surface area contributed by atoms with Crippen molar-refractivity contribution in [1.82, 2.24) is 9.80 Å². The van der Waals surface area contributed by atoms with E-state index < -0.39 is 0 Å². The Hall–Kier alpha value is -3.08. The maximum absolute atomic E-state index is 13.5. The molecule has 32 heavy (non-hydrogen) atoms. The summed E-state index contributed by atoms with van der Waals surface area (Å²) in [6.45, 7) is 13.8. The van der Waals surface area contributed by atoms with Gasteiger partial charge in [-0.1, -0.05) is 49.7 Å². The molecule has 0 unspecified atom stereocenters. The molecule has 2 heterocycles. The number of hydrogen-bond donors (Lipinski definition) is 0. The summed E-state index contributed by atoms with van der Waals surface area (Å²) in [4.78, 5) is 32.9. The topological polar surface area (TPSA) is 43.9 Å². The average molecular weight is 432 g/mol. The zero-order valence-electron chi connectivity index (χ0n) is 19.8. The van der Waals surface area contributed by atoms with Gasteiger partial charge in [-0.25, -0.2) is 0 Å². The van der Waals surface area contributed by atoms with Crippen molar-refractivity contribution in [3.05, 3.63) is 70.4 Å². The van der Waals surface area contributed by atoms with Gasteiger partial charge in [0.15, 0.2) is 0 Å². The van der Waals surface area contributed by atoms with E-state index in [-0.39, 0.29) is 17.7 Å².